The van der Waals surface area contributed by atoms with Crippen molar-refractivity contribution in [1.82, 2.24) is 19.5 Å². The Morgan fingerprint density at radius 1 is 1.18 bits per heavy atom. The van der Waals surface area contributed by atoms with E-state index in [4.69, 9.17) is 16.9 Å². The van der Waals surface area contributed by atoms with Crippen LogP contribution in [0.15, 0.2) is 91.9 Å². The number of fused-ring (bicyclic) bond motifs is 1. The number of piperidine rings is 1. The van der Waals surface area contributed by atoms with Crippen LogP contribution in [0.4, 0.5) is 0 Å². The average Bonchev–Trinajstić information content (AvgIpc) is 3.35. The monoisotopic (exact) mass is 711 g/mol. The van der Waals surface area contributed by atoms with Gasteiger partial charge < -0.3 is 5.32 Å². The van der Waals surface area contributed by atoms with Gasteiger partial charge in [0, 0.05) is 66.5 Å². The molecule has 44 heavy (non-hydrogen) atoms. The molecule has 2 aromatic heterocycles. The summed E-state index contributed by atoms with van der Waals surface area (Å²) in [6.45, 7) is 2.31. The van der Waals surface area contributed by atoms with Crippen LogP contribution < -0.4 is 5.32 Å². The van der Waals surface area contributed by atoms with E-state index >= 15 is 0 Å². The Morgan fingerprint density at radius 3 is 2.45 bits per heavy atom. The molecule has 3 aromatic rings. The first-order valence-electron chi connectivity index (χ1n) is 13.9. The van der Waals surface area contributed by atoms with Gasteiger partial charge in [-0.2, -0.15) is 9.57 Å². The minimum Gasteiger partial charge on any atom is -0.357 e. The minimum atomic E-state index is -3.65. The quantitative estimate of drug-likeness (QED) is 0.243. The van der Waals surface area contributed by atoms with Crippen LogP contribution >= 0.6 is 38.9 Å². The summed E-state index contributed by atoms with van der Waals surface area (Å²) in [4.78, 5) is 33.7. The number of thiophene rings is 1. The van der Waals surface area contributed by atoms with Gasteiger partial charge in [-0.3, -0.25) is 19.5 Å². The van der Waals surface area contributed by atoms with Crippen molar-refractivity contribution in [2.24, 2.45) is 11.8 Å². The van der Waals surface area contributed by atoms with E-state index in [-0.39, 0.29) is 53.3 Å². The van der Waals surface area contributed by atoms with Crippen LogP contribution in [-0.2, 0) is 21.2 Å². The van der Waals surface area contributed by atoms with Crippen LogP contribution in [0.25, 0.3) is 0 Å². The number of hydrogen-bond donors (Lipinski definition) is 1. The summed E-state index contributed by atoms with van der Waals surface area (Å²) in [5.41, 5.74) is 0.575. The first-order chi connectivity index (χ1) is 21.0. The molecule has 1 saturated carbocycles. The van der Waals surface area contributed by atoms with Crippen molar-refractivity contribution in [3.63, 3.8) is 0 Å². The lowest BCUT2D eigenvalue weighted by Gasteiger charge is -2.27. The largest absolute Gasteiger partial charge is 0.357 e. The van der Waals surface area contributed by atoms with Crippen LogP contribution in [0, 0.1) is 23.2 Å². The molecule has 4 atom stereocenters. The lowest BCUT2D eigenvalue weighted by molar-refractivity contribution is -0.132. The van der Waals surface area contributed by atoms with Gasteiger partial charge in [0.15, 0.2) is 5.78 Å². The van der Waals surface area contributed by atoms with E-state index in [1.165, 1.54) is 21.7 Å². The van der Waals surface area contributed by atoms with E-state index in [1.54, 1.807) is 66.7 Å². The summed E-state index contributed by atoms with van der Waals surface area (Å²) < 4.78 is 29.1. The number of allylic oxidation sites excluding steroid dienone is 2. The second-order valence-corrected chi connectivity index (χ2v) is 16.4. The smallest absolute Gasteiger partial charge is 0.254 e. The molecule has 9 nitrogen and oxygen atoms in total. The zero-order valence-electron chi connectivity index (χ0n) is 23.5. The fourth-order valence-corrected chi connectivity index (χ4v) is 9.87. The first-order valence-corrected chi connectivity index (χ1v) is 17.3. The van der Waals surface area contributed by atoms with E-state index in [0.29, 0.717) is 28.4 Å². The molecule has 3 aliphatic rings. The number of hydrogen-bond acceptors (Lipinski definition) is 8. The number of nitriles is 1. The number of rotatable bonds is 9. The predicted molar refractivity (Wildman–Crippen MR) is 170 cm³/mol. The molecule has 6 rings (SSSR count). The van der Waals surface area contributed by atoms with E-state index < -0.39 is 15.6 Å². The van der Waals surface area contributed by atoms with Crippen molar-refractivity contribution in [3.05, 3.63) is 104 Å². The summed E-state index contributed by atoms with van der Waals surface area (Å²) in [5.74, 6) is -0.297. The third-order valence-corrected chi connectivity index (χ3v) is 12.4. The predicted octanol–water partition coefficient (Wildman–Crippen LogP) is 5.07. The Labute approximate surface area is 273 Å². The maximum atomic E-state index is 14.5. The lowest BCUT2D eigenvalue weighted by atomic mass is 9.87. The Morgan fingerprint density at radius 2 is 1.86 bits per heavy atom. The minimum absolute atomic E-state index is 0.0747. The number of halogens is 2. The summed E-state index contributed by atoms with van der Waals surface area (Å²) in [6.07, 6.45) is 7.15. The van der Waals surface area contributed by atoms with Gasteiger partial charge >= 0.3 is 0 Å². The fourth-order valence-electron chi connectivity index (χ4n) is 6.11. The Bertz CT molecular complexity index is 1820. The molecule has 1 aromatic carbocycles. The molecule has 2 saturated heterocycles. The maximum Gasteiger partial charge on any atom is 0.254 e. The maximum absolute atomic E-state index is 14.5. The molecule has 1 N–H and O–H groups in total. The zero-order chi connectivity index (χ0) is 31.2. The van der Waals surface area contributed by atoms with Gasteiger partial charge in [0.1, 0.15) is 15.6 Å². The highest BCUT2D eigenvalue weighted by molar-refractivity contribution is 9.11. The fraction of sp³-hybridized carbons (Fsp3) is 0.290. The Hall–Kier alpha value is -3.34. The number of carbonyl (C=O) groups excluding carboxylic acids is 2. The summed E-state index contributed by atoms with van der Waals surface area (Å²) in [6, 6.07) is 15.1. The van der Waals surface area contributed by atoms with E-state index in [9.17, 15) is 18.0 Å². The SMILES string of the molecule is C/C(Cl)=C/CC1(Cc2ccncc2)N/C(=C\C(=O)c2ccc(C#N)cc2)N(C2[C@H]3CN(S(=O)(=O)c4ccc(Br)s4)C[C@@H]23)C1=O. The molecule has 0 bridgehead atoms. The summed E-state index contributed by atoms with van der Waals surface area (Å²) in [7, 11) is -3.65. The number of benzene rings is 1. The van der Waals surface area contributed by atoms with E-state index in [0.717, 1.165) is 9.35 Å². The molecule has 13 heteroatoms. The average molecular weight is 713 g/mol. The number of aromatic nitrogens is 1. The number of nitrogens with zero attached hydrogens (tertiary/aromatic N) is 4. The molecule has 226 valence electrons. The molecular formula is C31H27BrClN5O4S2. The topological polar surface area (TPSA) is 123 Å². The Balaban J connectivity index is 1.33. The van der Waals surface area contributed by atoms with Gasteiger partial charge in [0.05, 0.1) is 15.4 Å². The third kappa shape index (κ3) is 5.75. The second-order valence-electron chi connectivity index (χ2n) is 11.2. The third-order valence-electron chi connectivity index (χ3n) is 8.36. The highest BCUT2D eigenvalue weighted by Crippen LogP contribution is 2.53. The van der Waals surface area contributed by atoms with Gasteiger partial charge in [0.2, 0.25) is 0 Å². The lowest BCUT2D eigenvalue weighted by Crippen LogP contribution is -2.49. The standard InChI is InChI=1S/C31H27BrClN5O4S2/c1-19(33)8-11-31(15-20-9-12-35-13-10-20)30(40)38(27(36-31)14-25(39)22-4-2-21(16-34)3-5-22)29-23-17-37(18-24(23)29)44(41,42)28-7-6-26(32)43-28/h2-10,12-14,23-24,29,36H,11,15,17-18H2,1H3/b19-8-,27-14+/t23-,24+,29?,31?. The molecule has 3 fully saturated rings. The van der Waals surface area contributed by atoms with Crippen LogP contribution in [0.5, 0.6) is 0 Å². The highest BCUT2D eigenvalue weighted by atomic mass is 79.9. The van der Waals surface area contributed by atoms with Crippen LogP contribution in [-0.4, -0.2) is 59.0 Å². The normalized spacial score (nSPS) is 26.0. The number of amides is 1. The summed E-state index contributed by atoms with van der Waals surface area (Å²) in [5, 5.41) is 13.1. The van der Waals surface area contributed by atoms with Crippen molar-refractivity contribution in [3.8, 4) is 6.07 Å². The number of pyridine rings is 1. The molecule has 4 heterocycles. The van der Waals surface area contributed by atoms with Gasteiger partial charge in [-0.25, -0.2) is 8.42 Å². The van der Waals surface area contributed by atoms with Gasteiger partial charge in [-0.15, -0.1) is 11.3 Å². The van der Waals surface area contributed by atoms with Crippen molar-refractivity contribution >= 4 is 60.6 Å². The molecule has 0 radical (unpaired) electrons. The number of nitrogens with one attached hydrogen (secondary N) is 1. The first kappa shape index (κ1) is 30.7. The molecule has 2 unspecified atom stereocenters. The number of ketones is 1. The summed E-state index contributed by atoms with van der Waals surface area (Å²) >= 11 is 10.7. The molecule has 0 spiro atoms. The van der Waals surface area contributed by atoms with Crippen molar-refractivity contribution in [1.29, 1.82) is 5.26 Å². The highest BCUT2D eigenvalue weighted by Gasteiger charge is 2.65. The van der Waals surface area contributed by atoms with Crippen LogP contribution in [0.3, 0.4) is 0 Å². The van der Waals surface area contributed by atoms with Crippen molar-refractivity contribution in [2.45, 2.75) is 35.6 Å². The van der Waals surface area contributed by atoms with Gasteiger partial charge in [-0.1, -0.05) is 17.7 Å². The number of carbonyl (C=O) groups is 2. The van der Waals surface area contributed by atoms with E-state index in [2.05, 4.69) is 26.2 Å². The molecule has 1 aliphatic carbocycles. The van der Waals surface area contributed by atoms with E-state index in [1.807, 2.05) is 18.2 Å². The molecule has 1 amide bonds. The number of sulfonamides is 1. The zero-order valence-corrected chi connectivity index (χ0v) is 27.5. The van der Waals surface area contributed by atoms with Crippen molar-refractivity contribution < 1.29 is 18.0 Å². The molecule has 2 aliphatic heterocycles. The van der Waals surface area contributed by atoms with Gasteiger partial charge in [0.25, 0.3) is 15.9 Å². The van der Waals surface area contributed by atoms with Crippen LogP contribution in [0.1, 0.15) is 34.8 Å². The Kier molecular flexibility index (Phi) is 8.28. The van der Waals surface area contributed by atoms with Gasteiger partial charge in [-0.05, 0) is 83.4 Å². The van der Waals surface area contributed by atoms with Crippen molar-refractivity contribution in [2.75, 3.05) is 13.1 Å². The van der Waals surface area contributed by atoms with Crippen LogP contribution in [0.2, 0.25) is 0 Å². The molecular weight excluding hydrogens is 686 g/mol. The second kappa shape index (κ2) is 11.9.